The molecule has 34 heavy (non-hydrogen) atoms. The molecule has 0 saturated carbocycles. The number of benzene rings is 2. The van der Waals surface area contributed by atoms with E-state index >= 15 is 0 Å². The maximum absolute atomic E-state index is 12.9. The number of hydrogen-bond acceptors (Lipinski definition) is 5. The molecule has 0 aromatic heterocycles. The molecule has 7 nitrogen and oxygen atoms in total. The number of hydrogen-bond donors (Lipinski definition) is 3. The third kappa shape index (κ3) is 5.91. The van der Waals surface area contributed by atoms with Gasteiger partial charge in [0, 0.05) is 5.92 Å². The first kappa shape index (κ1) is 25.6. The first-order chi connectivity index (χ1) is 16.4. The van der Waals surface area contributed by atoms with Crippen LogP contribution in [-0.4, -0.2) is 53.8 Å². The van der Waals surface area contributed by atoms with Crippen molar-refractivity contribution in [2.24, 2.45) is 5.92 Å². The van der Waals surface area contributed by atoms with Crippen LogP contribution in [0.4, 0.5) is 4.79 Å². The number of fused-ring (bicyclic) bond motifs is 3. The summed E-state index contributed by atoms with van der Waals surface area (Å²) in [6, 6.07) is 14.2. The number of carbonyl (C=O) groups excluding carboxylic acids is 2. The highest BCUT2D eigenvalue weighted by molar-refractivity contribution is 7.98. The summed E-state index contributed by atoms with van der Waals surface area (Å²) in [5.74, 6) is -1.29. The number of ether oxygens (including phenoxy) is 1. The molecule has 2 amide bonds. The summed E-state index contributed by atoms with van der Waals surface area (Å²) in [6.07, 6.45) is 2.12. The van der Waals surface area contributed by atoms with Gasteiger partial charge in [-0.15, -0.1) is 0 Å². The molecule has 0 spiro atoms. The lowest BCUT2D eigenvalue weighted by molar-refractivity contribution is -0.142. The van der Waals surface area contributed by atoms with Crippen LogP contribution in [0.1, 0.15) is 43.7 Å². The monoisotopic (exact) mass is 484 g/mol. The Hall–Kier alpha value is -3.00. The smallest absolute Gasteiger partial charge is 0.407 e. The van der Waals surface area contributed by atoms with Gasteiger partial charge in [0.25, 0.3) is 0 Å². The zero-order valence-electron chi connectivity index (χ0n) is 19.7. The fourth-order valence-electron chi connectivity index (χ4n) is 4.22. The predicted molar refractivity (Wildman–Crippen MR) is 134 cm³/mol. The molecule has 0 fully saturated rings. The molecule has 0 aliphatic heterocycles. The molecule has 3 atom stereocenters. The largest absolute Gasteiger partial charge is 0.480 e. The van der Waals surface area contributed by atoms with Crippen molar-refractivity contribution in [3.05, 3.63) is 59.7 Å². The lowest BCUT2D eigenvalue weighted by Gasteiger charge is -2.25. The molecular weight excluding hydrogens is 452 g/mol. The summed E-state index contributed by atoms with van der Waals surface area (Å²) in [7, 11) is 0. The van der Waals surface area contributed by atoms with Crippen molar-refractivity contribution < 1.29 is 24.2 Å². The van der Waals surface area contributed by atoms with Crippen LogP contribution < -0.4 is 10.6 Å². The normalized spacial score (nSPS) is 14.9. The van der Waals surface area contributed by atoms with Gasteiger partial charge in [-0.25, -0.2) is 9.59 Å². The van der Waals surface area contributed by atoms with Gasteiger partial charge in [-0.1, -0.05) is 68.8 Å². The number of alkyl carbamates (subject to hydrolysis) is 1. The molecule has 0 radical (unpaired) electrons. The number of carboxylic acids is 1. The standard InChI is InChI=1S/C26H32N2O5S/c1-4-16(2)23(24(29)27-22(25(30)31)13-14-34-3)28-26(32)33-15-21-19-11-7-5-9-17(19)18-10-6-8-12-20(18)21/h5-12,16,21-23H,4,13-15H2,1-3H3,(H,27,29)(H,28,32)(H,30,31)/t16-,22-,23-/m0/s1. The Morgan fingerprint density at radius 2 is 1.62 bits per heavy atom. The van der Waals surface area contributed by atoms with E-state index < -0.39 is 30.1 Å². The van der Waals surface area contributed by atoms with Gasteiger partial charge in [0.2, 0.25) is 5.91 Å². The van der Waals surface area contributed by atoms with E-state index in [0.717, 1.165) is 22.3 Å². The lowest BCUT2D eigenvalue weighted by Crippen LogP contribution is -2.54. The summed E-state index contributed by atoms with van der Waals surface area (Å²) < 4.78 is 5.58. The van der Waals surface area contributed by atoms with Crippen molar-refractivity contribution in [3.8, 4) is 11.1 Å². The lowest BCUT2D eigenvalue weighted by atomic mass is 9.97. The summed E-state index contributed by atoms with van der Waals surface area (Å²) in [5, 5.41) is 14.7. The van der Waals surface area contributed by atoms with Crippen molar-refractivity contribution >= 4 is 29.7 Å². The molecular formula is C26H32N2O5S. The number of thioether (sulfide) groups is 1. The summed E-state index contributed by atoms with van der Waals surface area (Å²) in [6.45, 7) is 3.89. The minimum atomic E-state index is -1.09. The average Bonchev–Trinajstić information content (AvgIpc) is 3.16. The van der Waals surface area contributed by atoms with Gasteiger partial charge in [0.15, 0.2) is 0 Å². The SMILES string of the molecule is CC[C@H](C)[C@H](NC(=O)OCC1c2ccccc2-c2ccccc21)C(=O)N[C@@H](CCSC)C(=O)O. The van der Waals surface area contributed by atoms with Gasteiger partial charge >= 0.3 is 12.1 Å². The molecule has 2 aromatic rings. The van der Waals surface area contributed by atoms with Crippen molar-refractivity contribution in [1.29, 1.82) is 0 Å². The molecule has 0 unspecified atom stereocenters. The second-order valence-corrected chi connectivity index (χ2v) is 9.50. The Kier molecular flexibility index (Phi) is 8.98. The van der Waals surface area contributed by atoms with Gasteiger partial charge in [-0.2, -0.15) is 11.8 Å². The van der Waals surface area contributed by atoms with E-state index in [1.165, 1.54) is 11.8 Å². The highest BCUT2D eigenvalue weighted by Gasteiger charge is 2.32. The van der Waals surface area contributed by atoms with Crippen LogP contribution in [0.25, 0.3) is 11.1 Å². The fourth-order valence-corrected chi connectivity index (χ4v) is 4.69. The molecule has 0 heterocycles. The van der Waals surface area contributed by atoms with Gasteiger partial charge in [0.1, 0.15) is 18.7 Å². The van der Waals surface area contributed by atoms with Crippen LogP contribution in [0, 0.1) is 5.92 Å². The zero-order valence-corrected chi connectivity index (χ0v) is 20.6. The maximum atomic E-state index is 12.9. The minimum absolute atomic E-state index is 0.0861. The van der Waals surface area contributed by atoms with Gasteiger partial charge in [-0.05, 0) is 46.6 Å². The fraction of sp³-hybridized carbons (Fsp3) is 0.423. The van der Waals surface area contributed by atoms with Gasteiger partial charge in [-0.3, -0.25) is 4.79 Å². The average molecular weight is 485 g/mol. The Morgan fingerprint density at radius 3 is 2.15 bits per heavy atom. The Bertz CT molecular complexity index is 982. The quantitative estimate of drug-likeness (QED) is 0.440. The Balaban J connectivity index is 1.66. The van der Waals surface area contributed by atoms with Crippen LogP contribution in [0.2, 0.25) is 0 Å². The Labute approximate surface area is 204 Å². The number of amides is 2. The third-order valence-electron chi connectivity index (χ3n) is 6.34. The number of nitrogens with one attached hydrogen (secondary N) is 2. The molecule has 1 aliphatic carbocycles. The van der Waals surface area contributed by atoms with E-state index in [1.807, 2.05) is 56.5 Å². The molecule has 8 heteroatoms. The van der Waals surface area contributed by atoms with Crippen molar-refractivity contribution in [2.75, 3.05) is 18.6 Å². The van der Waals surface area contributed by atoms with Crippen molar-refractivity contribution in [2.45, 2.75) is 44.7 Å². The van der Waals surface area contributed by atoms with Crippen molar-refractivity contribution in [1.82, 2.24) is 10.6 Å². The molecule has 182 valence electrons. The highest BCUT2D eigenvalue weighted by atomic mass is 32.2. The van der Waals surface area contributed by atoms with Crippen LogP contribution in [-0.2, 0) is 14.3 Å². The summed E-state index contributed by atoms with van der Waals surface area (Å²) >= 11 is 1.51. The summed E-state index contributed by atoms with van der Waals surface area (Å²) in [5.41, 5.74) is 4.47. The number of carboxylic acid groups (broad SMARTS) is 1. The summed E-state index contributed by atoms with van der Waals surface area (Å²) in [4.78, 5) is 37.2. The molecule has 0 saturated heterocycles. The molecule has 3 N–H and O–H groups in total. The van der Waals surface area contributed by atoms with E-state index in [0.29, 0.717) is 18.6 Å². The van der Waals surface area contributed by atoms with Crippen LogP contribution in [0.3, 0.4) is 0 Å². The van der Waals surface area contributed by atoms with Gasteiger partial charge in [0.05, 0.1) is 0 Å². The van der Waals surface area contributed by atoms with Gasteiger partial charge < -0.3 is 20.5 Å². The molecule has 1 aliphatic rings. The predicted octanol–water partition coefficient (Wildman–Crippen LogP) is 4.26. The number of carbonyl (C=O) groups is 3. The third-order valence-corrected chi connectivity index (χ3v) is 6.98. The maximum Gasteiger partial charge on any atom is 0.407 e. The van der Waals surface area contributed by atoms with Crippen LogP contribution >= 0.6 is 11.8 Å². The number of aliphatic carboxylic acids is 1. The molecule has 0 bridgehead atoms. The topological polar surface area (TPSA) is 105 Å². The van der Waals surface area contributed by atoms with E-state index in [4.69, 9.17) is 4.74 Å². The number of rotatable bonds is 11. The van der Waals surface area contributed by atoms with E-state index in [1.54, 1.807) is 0 Å². The van der Waals surface area contributed by atoms with Crippen LogP contribution in [0.5, 0.6) is 0 Å². The second-order valence-electron chi connectivity index (χ2n) is 8.51. The minimum Gasteiger partial charge on any atom is -0.480 e. The van der Waals surface area contributed by atoms with E-state index in [9.17, 15) is 19.5 Å². The first-order valence-electron chi connectivity index (χ1n) is 11.5. The highest BCUT2D eigenvalue weighted by Crippen LogP contribution is 2.44. The zero-order chi connectivity index (χ0) is 24.7. The molecule has 3 rings (SSSR count). The van der Waals surface area contributed by atoms with E-state index in [2.05, 4.69) is 22.8 Å². The first-order valence-corrected chi connectivity index (χ1v) is 12.9. The Morgan fingerprint density at radius 1 is 1.03 bits per heavy atom. The second kappa shape index (κ2) is 11.9. The van der Waals surface area contributed by atoms with Crippen LogP contribution in [0.15, 0.2) is 48.5 Å². The molecule has 2 aromatic carbocycles. The van der Waals surface area contributed by atoms with Crippen molar-refractivity contribution in [3.63, 3.8) is 0 Å². The van der Waals surface area contributed by atoms with E-state index in [-0.39, 0.29) is 18.4 Å².